The average Bonchev–Trinajstić information content (AvgIpc) is 3.36. The molecule has 0 fully saturated rings. The van der Waals surface area contributed by atoms with Crippen LogP contribution in [0.2, 0.25) is 0 Å². The van der Waals surface area contributed by atoms with Crippen LogP contribution in [0, 0.1) is 0 Å². The number of nitrogens with zero attached hydrogens (tertiary/aromatic N) is 2. The number of amides is 2. The fraction of sp³-hybridized carbons (Fsp3) is 0.226. The third-order valence-electron chi connectivity index (χ3n) is 6.64. The Bertz CT molecular complexity index is 1450. The number of aromatic nitrogens is 1. The van der Waals surface area contributed by atoms with Gasteiger partial charge in [0.15, 0.2) is 0 Å². The van der Waals surface area contributed by atoms with Gasteiger partial charge in [0, 0.05) is 38.1 Å². The molecule has 1 aliphatic rings. The summed E-state index contributed by atoms with van der Waals surface area (Å²) < 4.78 is 5.94. The van der Waals surface area contributed by atoms with E-state index in [1.807, 2.05) is 71.6 Å². The summed E-state index contributed by atoms with van der Waals surface area (Å²) in [5.41, 5.74) is 5.72. The summed E-state index contributed by atoms with van der Waals surface area (Å²) in [5, 5.41) is 0.993. The number of rotatable bonds is 7. The fourth-order valence-corrected chi connectivity index (χ4v) is 4.62. The standard InChI is InChI=1S/C31H31N3O3/c1-33(2)31(36)29-19-25-14-13-24(18-28(25)32-29)26-11-7-15-34(20-26)30(35)17-23-10-6-12-27(16-23)37-21-22-8-4-3-5-9-22/h3-6,8-14,16,18-19,32H,7,15,17,20-21H2,1-2H3. The third-order valence-corrected chi connectivity index (χ3v) is 6.64. The van der Waals surface area contributed by atoms with Crippen molar-refractivity contribution in [1.29, 1.82) is 0 Å². The number of aromatic amines is 1. The van der Waals surface area contributed by atoms with Gasteiger partial charge in [-0.05, 0) is 52.9 Å². The van der Waals surface area contributed by atoms with Crippen molar-refractivity contribution in [2.75, 3.05) is 27.2 Å². The number of benzene rings is 3. The van der Waals surface area contributed by atoms with Crippen LogP contribution in [0.4, 0.5) is 0 Å². The van der Waals surface area contributed by atoms with Gasteiger partial charge in [0.1, 0.15) is 18.1 Å². The molecule has 37 heavy (non-hydrogen) atoms. The van der Waals surface area contributed by atoms with Crippen LogP contribution in [-0.2, 0) is 17.8 Å². The predicted octanol–water partition coefficient (Wildman–Crippen LogP) is 5.31. The van der Waals surface area contributed by atoms with Gasteiger partial charge in [0.25, 0.3) is 5.91 Å². The summed E-state index contributed by atoms with van der Waals surface area (Å²) in [6, 6.07) is 25.9. The van der Waals surface area contributed by atoms with Gasteiger partial charge in [-0.25, -0.2) is 0 Å². The van der Waals surface area contributed by atoms with E-state index in [4.69, 9.17) is 4.74 Å². The summed E-state index contributed by atoms with van der Waals surface area (Å²) >= 11 is 0. The number of hydrogen-bond donors (Lipinski definition) is 1. The molecule has 4 aromatic rings. The predicted molar refractivity (Wildman–Crippen MR) is 146 cm³/mol. The van der Waals surface area contributed by atoms with Gasteiger partial charge in [0.2, 0.25) is 5.91 Å². The maximum absolute atomic E-state index is 13.2. The van der Waals surface area contributed by atoms with E-state index in [1.54, 1.807) is 19.0 Å². The molecule has 0 spiro atoms. The zero-order chi connectivity index (χ0) is 25.8. The molecule has 1 aromatic heterocycles. The minimum Gasteiger partial charge on any atom is -0.489 e. The zero-order valence-electron chi connectivity index (χ0n) is 21.2. The topological polar surface area (TPSA) is 65.6 Å². The Labute approximate surface area is 217 Å². The molecular formula is C31H31N3O3. The molecule has 0 aliphatic carbocycles. The molecule has 0 unspecified atom stereocenters. The lowest BCUT2D eigenvalue weighted by Gasteiger charge is -2.28. The minimum atomic E-state index is -0.0547. The highest BCUT2D eigenvalue weighted by Crippen LogP contribution is 2.26. The van der Waals surface area contributed by atoms with Gasteiger partial charge in [-0.2, -0.15) is 0 Å². The second kappa shape index (κ2) is 10.7. The summed E-state index contributed by atoms with van der Waals surface area (Å²) in [6.07, 6.45) is 3.35. The highest BCUT2D eigenvalue weighted by molar-refractivity contribution is 5.98. The molecule has 1 N–H and O–H groups in total. The van der Waals surface area contributed by atoms with E-state index in [2.05, 4.69) is 23.2 Å². The Morgan fingerprint density at radius 2 is 1.76 bits per heavy atom. The Balaban J connectivity index is 1.23. The number of carbonyl (C=O) groups is 2. The van der Waals surface area contributed by atoms with Crippen LogP contribution in [0.15, 0.2) is 84.9 Å². The first-order valence-corrected chi connectivity index (χ1v) is 12.5. The summed E-state index contributed by atoms with van der Waals surface area (Å²) in [6.45, 7) is 1.77. The first-order chi connectivity index (χ1) is 18.0. The molecule has 0 saturated carbocycles. The second-order valence-corrected chi connectivity index (χ2v) is 9.62. The first kappa shape index (κ1) is 24.4. The van der Waals surface area contributed by atoms with Crippen molar-refractivity contribution in [3.05, 3.63) is 107 Å². The van der Waals surface area contributed by atoms with Gasteiger partial charge in [0.05, 0.1) is 6.42 Å². The fourth-order valence-electron chi connectivity index (χ4n) is 4.62. The van der Waals surface area contributed by atoms with E-state index < -0.39 is 0 Å². The van der Waals surface area contributed by atoms with Crippen LogP contribution in [0.5, 0.6) is 5.75 Å². The van der Waals surface area contributed by atoms with E-state index in [-0.39, 0.29) is 11.8 Å². The molecule has 1 aliphatic heterocycles. The third kappa shape index (κ3) is 5.75. The first-order valence-electron chi connectivity index (χ1n) is 12.5. The maximum Gasteiger partial charge on any atom is 0.269 e. The lowest BCUT2D eigenvalue weighted by atomic mass is 9.99. The number of fused-ring (bicyclic) bond motifs is 1. The summed E-state index contributed by atoms with van der Waals surface area (Å²) in [5.74, 6) is 0.811. The van der Waals surface area contributed by atoms with E-state index in [1.165, 1.54) is 0 Å². The summed E-state index contributed by atoms with van der Waals surface area (Å²) in [4.78, 5) is 32.2. The molecule has 2 heterocycles. The Morgan fingerprint density at radius 1 is 0.946 bits per heavy atom. The average molecular weight is 494 g/mol. The van der Waals surface area contributed by atoms with E-state index in [0.717, 1.165) is 45.3 Å². The van der Waals surface area contributed by atoms with Crippen molar-refractivity contribution >= 4 is 28.3 Å². The van der Waals surface area contributed by atoms with Crippen LogP contribution in [-0.4, -0.2) is 53.8 Å². The number of hydrogen-bond acceptors (Lipinski definition) is 3. The van der Waals surface area contributed by atoms with Gasteiger partial charge >= 0.3 is 0 Å². The number of ether oxygens (including phenoxy) is 1. The monoisotopic (exact) mass is 493 g/mol. The number of H-pyrrole nitrogens is 1. The van der Waals surface area contributed by atoms with Crippen LogP contribution in [0.1, 0.15) is 33.6 Å². The van der Waals surface area contributed by atoms with Gasteiger partial charge in [-0.15, -0.1) is 0 Å². The van der Waals surface area contributed by atoms with Crippen LogP contribution >= 0.6 is 0 Å². The lowest BCUT2D eigenvalue weighted by Crippen LogP contribution is -2.36. The minimum absolute atomic E-state index is 0.0547. The van der Waals surface area contributed by atoms with Crippen LogP contribution in [0.3, 0.4) is 0 Å². The van der Waals surface area contributed by atoms with Crippen molar-refractivity contribution in [1.82, 2.24) is 14.8 Å². The quantitative estimate of drug-likeness (QED) is 0.380. The molecule has 6 nitrogen and oxygen atoms in total. The largest absolute Gasteiger partial charge is 0.489 e. The van der Waals surface area contributed by atoms with Crippen molar-refractivity contribution < 1.29 is 14.3 Å². The smallest absolute Gasteiger partial charge is 0.269 e. The van der Waals surface area contributed by atoms with Crippen LogP contribution < -0.4 is 4.74 Å². The number of carbonyl (C=O) groups excluding carboxylic acids is 2. The van der Waals surface area contributed by atoms with Crippen molar-refractivity contribution in [3.63, 3.8) is 0 Å². The number of nitrogens with one attached hydrogen (secondary N) is 1. The van der Waals surface area contributed by atoms with Crippen LogP contribution in [0.25, 0.3) is 16.5 Å². The maximum atomic E-state index is 13.2. The lowest BCUT2D eigenvalue weighted by molar-refractivity contribution is -0.129. The molecule has 6 heteroatoms. The molecule has 2 amide bonds. The van der Waals surface area contributed by atoms with Gasteiger partial charge < -0.3 is 19.5 Å². The Kier molecular flexibility index (Phi) is 7.08. The van der Waals surface area contributed by atoms with E-state index in [0.29, 0.717) is 31.8 Å². The summed E-state index contributed by atoms with van der Waals surface area (Å²) in [7, 11) is 3.48. The normalized spacial score (nSPS) is 13.4. The molecule has 5 rings (SSSR count). The van der Waals surface area contributed by atoms with Crippen molar-refractivity contribution in [2.24, 2.45) is 0 Å². The van der Waals surface area contributed by atoms with E-state index in [9.17, 15) is 9.59 Å². The SMILES string of the molecule is CN(C)C(=O)c1cc2ccc(C3=CCCN(C(=O)Cc4cccc(OCc5ccccc5)c4)C3)cc2[nH]1. The van der Waals surface area contributed by atoms with Crippen molar-refractivity contribution in [3.8, 4) is 5.75 Å². The second-order valence-electron chi connectivity index (χ2n) is 9.62. The van der Waals surface area contributed by atoms with Crippen molar-refractivity contribution in [2.45, 2.75) is 19.4 Å². The highest BCUT2D eigenvalue weighted by Gasteiger charge is 2.20. The molecule has 0 radical (unpaired) electrons. The zero-order valence-corrected chi connectivity index (χ0v) is 21.2. The highest BCUT2D eigenvalue weighted by atomic mass is 16.5. The molecule has 0 atom stereocenters. The van der Waals surface area contributed by atoms with Gasteiger partial charge in [-0.3, -0.25) is 9.59 Å². The molecular weight excluding hydrogens is 462 g/mol. The molecule has 0 saturated heterocycles. The molecule has 188 valence electrons. The van der Waals surface area contributed by atoms with Gasteiger partial charge in [-0.1, -0.05) is 60.7 Å². The molecule has 0 bridgehead atoms. The molecule has 3 aromatic carbocycles. The van der Waals surface area contributed by atoms with E-state index >= 15 is 0 Å². The Hall–Kier alpha value is -4.32. The Morgan fingerprint density at radius 3 is 2.57 bits per heavy atom.